The lowest BCUT2D eigenvalue weighted by Gasteiger charge is -2.17. The molecule has 2 rings (SSSR count). The summed E-state index contributed by atoms with van der Waals surface area (Å²) in [6.45, 7) is 7.47. The second-order valence-corrected chi connectivity index (χ2v) is 6.19. The van der Waals surface area contributed by atoms with Crippen LogP contribution in [0.15, 0.2) is 30.3 Å². The first-order chi connectivity index (χ1) is 8.99. The molecule has 0 heterocycles. The third-order valence-corrected chi connectivity index (χ3v) is 3.92. The van der Waals surface area contributed by atoms with Crippen molar-refractivity contribution in [2.45, 2.75) is 45.4 Å². The quantitative estimate of drug-likeness (QED) is 0.794. The van der Waals surface area contributed by atoms with E-state index in [1.165, 1.54) is 6.42 Å². The highest BCUT2D eigenvalue weighted by Crippen LogP contribution is 2.44. The zero-order chi connectivity index (χ0) is 13.9. The second kappa shape index (κ2) is 6.04. The van der Waals surface area contributed by atoms with E-state index in [1.807, 2.05) is 37.3 Å². The number of aliphatic hydroxyl groups is 1. The minimum Gasteiger partial charge on any atom is -0.389 e. The molecule has 0 aliphatic heterocycles. The molecule has 0 amide bonds. The van der Waals surface area contributed by atoms with Crippen molar-refractivity contribution in [1.82, 2.24) is 5.32 Å². The Bertz CT molecular complexity index is 391. The number of hydrogen-bond acceptors (Lipinski definition) is 3. The van der Waals surface area contributed by atoms with E-state index in [9.17, 15) is 5.11 Å². The van der Waals surface area contributed by atoms with Crippen LogP contribution in [0, 0.1) is 5.41 Å². The zero-order valence-electron chi connectivity index (χ0n) is 12.1. The predicted octanol–water partition coefficient (Wildman–Crippen LogP) is 2.51. The molecule has 19 heavy (non-hydrogen) atoms. The van der Waals surface area contributed by atoms with Gasteiger partial charge in [-0.05, 0) is 24.3 Å². The smallest absolute Gasteiger partial charge is 0.0898 e. The fourth-order valence-corrected chi connectivity index (χ4v) is 2.23. The lowest BCUT2D eigenvalue weighted by Crippen LogP contribution is -2.33. The Labute approximate surface area is 116 Å². The molecule has 1 saturated carbocycles. The van der Waals surface area contributed by atoms with Gasteiger partial charge in [0.15, 0.2) is 0 Å². The summed E-state index contributed by atoms with van der Waals surface area (Å²) in [5.74, 6) is 0. The van der Waals surface area contributed by atoms with Crippen molar-refractivity contribution in [2.24, 2.45) is 5.41 Å². The van der Waals surface area contributed by atoms with Gasteiger partial charge in [0, 0.05) is 12.6 Å². The molecular weight excluding hydrogens is 238 g/mol. The van der Waals surface area contributed by atoms with Crippen LogP contribution in [-0.4, -0.2) is 30.4 Å². The van der Waals surface area contributed by atoms with Crippen LogP contribution in [0.4, 0.5) is 0 Å². The summed E-state index contributed by atoms with van der Waals surface area (Å²) < 4.78 is 5.70. The van der Waals surface area contributed by atoms with Gasteiger partial charge in [-0.25, -0.2) is 0 Å². The molecule has 0 saturated heterocycles. The number of rotatable bonds is 7. The van der Waals surface area contributed by atoms with Gasteiger partial charge in [0.05, 0.1) is 18.8 Å². The first-order valence-electron chi connectivity index (χ1n) is 7.07. The second-order valence-electron chi connectivity index (χ2n) is 6.19. The van der Waals surface area contributed by atoms with E-state index >= 15 is 0 Å². The van der Waals surface area contributed by atoms with E-state index in [1.54, 1.807) is 0 Å². The van der Waals surface area contributed by atoms with Crippen LogP contribution in [0.1, 0.15) is 38.9 Å². The molecule has 0 radical (unpaired) electrons. The van der Waals surface area contributed by atoms with Gasteiger partial charge in [-0.15, -0.1) is 0 Å². The highest BCUT2D eigenvalue weighted by Gasteiger charge is 2.45. The van der Waals surface area contributed by atoms with Crippen LogP contribution in [0.5, 0.6) is 0 Å². The molecule has 1 fully saturated rings. The van der Waals surface area contributed by atoms with E-state index in [-0.39, 0.29) is 6.10 Å². The molecule has 0 aromatic heterocycles. The van der Waals surface area contributed by atoms with Gasteiger partial charge >= 0.3 is 0 Å². The monoisotopic (exact) mass is 263 g/mol. The van der Waals surface area contributed by atoms with Gasteiger partial charge in [0.25, 0.3) is 0 Å². The maximum Gasteiger partial charge on any atom is 0.0898 e. The van der Waals surface area contributed by atoms with Crippen LogP contribution in [0.3, 0.4) is 0 Å². The molecule has 1 aromatic rings. The fraction of sp³-hybridized carbons (Fsp3) is 0.625. The minimum atomic E-state index is -0.442. The molecule has 3 atom stereocenters. The van der Waals surface area contributed by atoms with Crippen LogP contribution < -0.4 is 5.32 Å². The van der Waals surface area contributed by atoms with Crippen molar-refractivity contribution in [3.63, 3.8) is 0 Å². The highest BCUT2D eigenvalue weighted by molar-refractivity contribution is 5.16. The van der Waals surface area contributed by atoms with E-state index in [2.05, 4.69) is 19.2 Å². The van der Waals surface area contributed by atoms with Crippen LogP contribution in [0.2, 0.25) is 0 Å². The van der Waals surface area contributed by atoms with Crippen molar-refractivity contribution in [1.29, 1.82) is 0 Å². The fourth-order valence-electron chi connectivity index (χ4n) is 2.23. The lowest BCUT2D eigenvalue weighted by molar-refractivity contribution is -0.00234. The maximum absolute atomic E-state index is 9.90. The average Bonchev–Trinajstić information content (AvgIpc) is 3.02. The van der Waals surface area contributed by atoms with Gasteiger partial charge in [-0.3, -0.25) is 0 Å². The molecule has 0 bridgehead atoms. The van der Waals surface area contributed by atoms with Crippen molar-refractivity contribution < 1.29 is 9.84 Å². The van der Waals surface area contributed by atoms with Gasteiger partial charge in [0.2, 0.25) is 0 Å². The van der Waals surface area contributed by atoms with Crippen molar-refractivity contribution in [2.75, 3.05) is 13.2 Å². The summed E-state index contributed by atoms with van der Waals surface area (Å²) in [4.78, 5) is 0. The Balaban J connectivity index is 1.65. The van der Waals surface area contributed by atoms with E-state index in [4.69, 9.17) is 4.74 Å². The average molecular weight is 263 g/mol. The summed E-state index contributed by atoms with van der Waals surface area (Å²) in [6, 6.07) is 10.6. The predicted molar refractivity (Wildman–Crippen MR) is 77.0 cm³/mol. The van der Waals surface area contributed by atoms with E-state index in [0.717, 1.165) is 5.56 Å². The molecule has 3 unspecified atom stereocenters. The molecular formula is C16H25NO2. The van der Waals surface area contributed by atoms with Crippen molar-refractivity contribution in [3.05, 3.63) is 35.9 Å². The van der Waals surface area contributed by atoms with Gasteiger partial charge in [-0.1, -0.05) is 44.2 Å². The molecule has 2 N–H and O–H groups in total. The summed E-state index contributed by atoms with van der Waals surface area (Å²) in [6.07, 6.45) is 0.775. The highest BCUT2D eigenvalue weighted by atomic mass is 16.5. The standard InChI is InChI=1S/C16H25NO2/c1-12(13-7-5-4-6-8-13)19-11-14(18)10-17-15-9-16(15,2)3/h4-8,12,14-15,17-18H,9-11H2,1-3H3. The van der Waals surface area contributed by atoms with Crippen molar-refractivity contribution in [3.8, 4) is 0 Å². The number of benzene rings is 1. The Morgan fingerprint density at radius 1 is 1.37 bits per heavy atom. The first-order valence-corrected chi connectivity index (χ1v) is 7.07. The number of hydrogen-bond donors (Lipinski definition) is 2. The maximum atomic E-state index is 9.90. The molecule has 0 spiro atoms. The van der Waals surface area contributed by atoms with Crippen molar-refractivity contribution >= 4 is 0 Å². The molecule has 106 valence electrons. The molecule has 3 heteroatoms. The summed E-state index contributed by atoms with van der Waals surface area (Å²) >= 11 is 0. The number of ether oxygens (including phenoxy) is 1. The minimum absolute atomic E-state index is 0.0215. The molecule has 1 aliphatic rings. The molecule has 3 nitrogen and oxygen atoms in total. The number of aliphatic hydroxyl groups excluding tert-OH is 1. The first kappa shape index (κ1) is 14.5. The SMILES string of the molecule is CC(OCC(O)CNC1CC1(C)C)c1ccccc1. The normalized spacial score (nSPS) is 23.9. The molecule has 1 aromatic carbocycles. The summed E-state index contributed by atoms with van der Waals surface area (Å²) in [5.41, 5.74) is 1.55. The summed E-state index contributed by atoms with van der Waals surface area (Å²) in [5, 5.41) is 13.3. The Kier molecular flexibility index (Phi) is 4.61. The third-order valence-electron chi connectivity index (χ3n) is 3.92. The largest absolute Gasteiger partial charge is 0.389 e. The Hall–Kier alpha value is -0.900. The number of nitrogens with one attached hydrogen (secondary N) is 1. The zero-order valence-corrected chi connectivity index (χ0v) is 12.1. The topological polar surface area (TPSA) is 41.5 Å². The van der Waals surface area contributed by atoms with Crippen LogP contribution in [-0.2, 0) is 4.74 Å². The van der Waals surface area contributed by atoms with Gasteiger partial charge in [-0.2, -0.15) is 0 Å². The van der Waals surface area contributed by atoms with E-state index in [0.29, 0.717) is 24.6 Å². The Morgan fingerprint density at radius 3 is 2.58 bits per heavy atom. The van der Waals surface area contributed by atoms with Crippen LogP contribution in [0.25, 0.3) is 0 Å². The summed E-state index contributed by atoms with van der Waals surface area (Å²) in [7, 11) is 0. The van der Waals surface area contributed by atoms with Gasteiger partial charge in [0.1, 0.15) is 0 Å². The molecule has 1 aliphatic carbocycles. The third kappa shape index (κ3) is 4.30. The van der Waals surface area contributed by atoms with E-state index < -0.39 is 6.10 Å². The lowest BCUT2D eigenvalue weighted by atomic mass is 10.1. The van der Waals surface area contributed by atoms with Crippen LogP contribution >= 0.6 is 0 Å². The van der Waals surface area contributed by atoms with Gasteiger partial charge < -0.3 is 15.2 Å². The Morgan fingerprint density at radius 2 is 2.00 bits per heavy atom.